The van der Waals surface area contributed by atoms with E-state index in [1.54, 1.807) is 54.6 Å². The van der Waals surface area contributed by atoms with Crippen LogP contribution in [0, 0.1) is 0 Å². The monoisotopic (exact) mass is 306 g/mol. The molecule has 21 heavy (non-hydrogen) atoms. The maximum atomic E-state index is 11.9. The zero-order valence-electron chi connectivity index (χ0n) is 11.1. The van der Waals surface area contributed by atoms with Crippen LogP contribution < -0.4 is 4.74 Å². The number of hydrogen-bond acceptors (Lipinski definition) is 4. The lowest BCUT2D eigenvalue weighted by molar-refractivity contribution is 0.0734. The van der Waals surface area contributed by atoms with E-state index >= 15 is 0 Å². The number of ether oxygens (including phenoxy) is 1. The largest absolute Gasteiger partial charge is 0.423 e. The van der Waals surface area contributed by atoms with E-state index in [9.17, 15) is 13.2 Å². The summed E-state index contributed by atoms with van der Waals surface area (Å²) in [5.41, 5.74) is 1.09. The van der Waals surface area contributed by atoms with E-state index in [4.69, 9.17) is 9.29 Å². The lowest BCUT2D eigenvalue weighted by Crippen LogP contribution is -2.09. The Morgan fingerprint density at radius 2 is 1.76 bits per heavy atom. The molecule has 1 N–H and O–H groups in total. The van der Waals surface area contributed by atoms with Gasteiger partial charge in [-0.3, -0.25) is 4.55 Å². The van der Waals surface area contributed by atoms with Gasteiger partial charge in [0.25, 0.3) is 10.1 Å². The Bertz CT molecular complexity index is 723. The van der Waals surface area contributed by atoms with Crippen LogP contribution in [-0.4, -0.2) is 24.7 Å². The van der Waals surface area contributed by atoms with Gasteiger partial charge in [-0.05, 0) is 36.2 Å². The molecule has 110 valence electrons. The maximum absolute atomic E-state index is 11.9. The second-order valence-electron chi connectivity index (χ2n) is 4.44. The fourth-order valence-corrected chi connectivity index (χ4v) is 2.25. The summed E-state index contributed by atoms with van der Waals surface area (Å²) in [5.74, 6) is -0.525. The van der Waals surface area contributed by atoms with Gasteiger partial charge in [0.1, 0.15) is 5.75 Å². The number of esters is 1. The Kier molecular flexibility index (Phi) is 4.72. The second kappa shape index (κ2) is 6.51. The average Bonchev–Trinajstić information content (AvgIpc) is 2.46. The summed E-state index contributed by atoms with van der Waals surface area (Å²) >= 11 is 0. The van der Waals surface area contributed by atoms with Crippen molar-refractivity contribution in [2.75, 3.05) is 5.75 Å². The molecule has 2 rings (SSSR count). The van der Waals surface area contributed by atoms with Gasteiger partial charge in [0.2, 0.25) is 0 Å². The molecular formula is C15H14O5S. The summed E-state index contributed by atoms with van der Waals surface area (Å²) in [4.78, 5) is 11.9. The van der Waals surface area contributed by atoms with E-state index in [0.717, 1.165) is 0 Å². The molecule has 0 unspecified atom stereocenters. The summed E-state index contributed by atoms with van der Waals surface area (Å²) in [6.45, 7) is 0. The molecule has 0 saturated heterocycles. The van der Waals surface area contributed by atoms with Crippen molar-refractivity contribution in [2.24, 2.45) is 0 Å². The molecule has 5 nitrogen and oxygen atoms in total. The van der Waals surface area contributed by atoms with Crippen LogP contribution in [0.2, 0.25) is 0 Å². The molecule has 0 aliphatic heterocycles. The number of carbonyl (C=O) groups is 1. The Labute approximate surface area is 122 Å². The van der Waals surface area contributed by atoms with E-state index in [-0.39, 0.29) is 12.2 Å². The Balaban J connectivity index is 2.06. The van der Waals surface area contributed by atoms with Gasteiger partial charge in [-0.1, -0.05) is 30.3 Å². The highest BCUT2D eigenvalue weighted by Gasteiger charge is 2.09. The van der Waals surface area contributed by atoms with Crippen molar-refractivity contribution in [2.45, 2.75) is 6.42 Å². The lowest BCUT2D eigenvalue weighted by Gasteiger charge is -2.06. The predicted octanol–water partition coefficient (Wildman–Crippen LogP) is 2.34. The van der Waals surface area contributed by atoms with E-state index in [1.807, 2.05) is 0 Å². The number of aryl methyl sites for hydroxylation is 1. The third kappa shape index (κ3) is 5.02. The van der Waals surface area contributed by atoms with Crippen LogP contribution in [0.4, 0.5) is 0 Å². The molecule has 6 heteroatoms. The quantitative estimate of drug-likeness (QED) is 0.521. The topological polar surface area (TPSA) is 80.7 Å². The van der Waals surface area contributed by atoms with Gasteiger partial charge in [0, 0.05) is 0 Å². The van der Waals surface area contributed by atoms with Gasteiger partial charge < -0.3 is 4.74 Å². The van der Waals surface area contributed by atoms with Crippen molar-refractivity contribution in [3.63, 3.8) is 0 Å². The molecule has 0 aliphatic carbocycles. The summed E-state index contributed by atoms with van der Waals surface area (Å²) in [7, 11) is -4.01. The van der Waals surface area contributed by atoms with Crippen molar-refractivity contribution in [1.82, 2.24) is 0 Å². The van der Waals surface area contributed by atoms with Crippen LogP contribution >= 0.6 is 0 Å². The van der Waals surface area contributed by atoms with Crippen LogP contribution in [0.3, 0.4) is 0 Å². The van der Waals surface area contributed by atoms with E-state index < -0.39 is 16.1 Å². The molecule has 2 aromatic rings. The van der Waals surface area contributed by atoms with Crippen molar-refractivity contribution in [3.8, 4) is 5.75 Å². The van der Waals surface area contributed by atoms with Crippen LogP contribution in [-0.2, 0) is 16.5 Å². The molecule has 0 atom stereocenters. The van der Waals surface area contributed by atoms with Crippen LogP contribution in [0.5, 0.6) is 5.75 Å². The Morgan fingerprint density at radius 1 is 1.05 bits per heavy atom. The Morgan fingerprint density at radius 3 is 2.43 bits per heavy atom. The molecule has 0 aliphatic rings. The van der Waals surface area contributed by atoms with Crippen molar-refractivity contribution < 1.29 is 22.5 Å². The molecule has 0 radical (unpaired) electrons. The fraction of sp³-hybridized carbons (Fsp3) is 0.133. The van der Waals surface area contributed by atoms with Crippen molar-refractivity contribution in [1.29, 1.82) is 0 Å². The first-order valence-electron chi connectivity index (χ1n) is 6.25. The molecule has 0 amide bonds. The third-order valence-corrected chi connectivity index (χ3v) is 3.49. The average molecular weight is 306 g/mol. The number of hydrogen-bond donors (Lipinski definition) is 1. The number of rotatable bonds is 5. The van der Waals surface area contributed by atoms with Crippen LogP contribution in [0.25, 0.3) is 0 Å². The first-order chi connectivity index (χ1) is 9.94. The second-order valence-corrected chi connectivity index (χ2v) is 6.01. The predicted molar refractivity (Wildman–Crippen MR) is 78.0 cm³/mol. The highest BCUT2D eigenvalue weighted by molar-refractivity contribution is 7.85. The molecule has 0 fully saturated rings. The first-order valence-corrected chi connectivity index (χ1v) is 7.86. The number of benzene rings is 2. The lowest BCUT2D eigenvalue weighted by atomic mass is 10.1. The minimum absolute atomic E-state index is 0.148. The smallest absolute Gasteiger partial charge is 0.343 e. The molecule has 2 aromatic carbocycles. The maximum Gasteiger partial charge on any atom is 0.343 e. The van der Waals surface area contributed by atoms with Gasteiger partial charge in [0.05, 0.1) is 11.3 Å². The minimum atomic E-state index is -4.01. The summed E-state index contributed by atoms with van der Waals surface area (Å²) < 4.78 is 35.4. The molecular weight excluding hydrogens is 292 g/mol. The fourth-order valence-electron chi connectivity index (χ4n) is 1.75. The van der Waals surface area contributed by atoms with Gasteiger partial charge in [0.15, 0.2) is 0 Å². The van der Waals surface area contributed by atoms with Crippen molar-refractivity contribution in [3.05, 3.63) is 65.7 Å². The summed E-state index contributed by atoms with van der Waals surface area (Å²) in [6, 6.07) is 15.1. The van der Waals surface area contributed by atoms with Gasteiger partial charge >= 0.3 is 5.97 Å². The van der Waals surface area contributed by atoms with E-state index in [2.05, 4.69) is 0 Å². The zero-order valence-corrected chi connectivity index (χ0v) is 11.9. The van der Waals surface area contributed by atoms with Crippen LogP contribution in [0.1, 0.15) is 15.9 Å². The molecule has 0 bridgehead atoms. The molecule has 0 heterocycles. The highest BCUT2D eigenvalue weighted by Crippen LogP contribution is 2.16. The summed E-state index contributed by atoms with van der Waals surface area (Å²) in [5, 5.41) is 0. The van der Waals surface area contributed by atoms with Gasteiger partial charge in [-0.2, -0.15) is 8.42 Å². The van der Waals surface area contributed by atoms with Gasteiger partial charge in [-0.15, -0.1) is 0 Å². The van der Waals surface area contributed by atoms with E-state index in [0.29, 0.717) is 16.9 Å². The SMILES string of the molecule is O=C(Oc1cccc(CCS(=O)(=O)O)c1)c1ccccc1. The van der Waals surface area contributed by atoms with Crippen LogP contribution in [0.15, 0.2) is 54.6 Å². The first kappa shape index (κ1) is 15.2. The molecule has 0 aromatic heterocycles. The third-order valence-electron chi connectivity index (χ3n) is 2.77. The number of carbonyl (C=O) groups excluding carboxylic acids is 1. The standard InChI is InChI=1S/C15H14O5S/c16-15(13-6-2-1-3-7-13)20-14-8-4-5-12(11-14)9-10-21(17,18)19/h1-8,11H,9-10H2,(H,17,18,19). The molecule has 0 spiro atoms. The normalized spacial score (nSPS) is 11.1. The highest BCUT2D eigenvalue weighted by atomic mass is 32.2. The Hall–Kier alpha value is -2.18. The minimum Gasteiger partial charge on any atom is -0.423 e. The van der Waals surface area contributed by atoms with E-state index in [1.165, 1.54) is 0 Å². The van der Waals surface area contributed by atoms with Crippen molar-refractivity contribution >= 4 is 16.1 Å². The summed E-state index contributed by atoms with van der Waals surface area (Å²) in [6.07, 6.45) is 0.148. The molecule has 0 saturated carbocycles. The van der Waals surface area contributed by atoms with Gasteiger partial charge in [-0.25, -0.2) is 4.79 Å². The zero-order chi connectivity index (χ0) is 15.3.